The summed E-state index contributed by atoms with van der Waals surface area (Å²) in [5, 5.41) is 11.9. The van der Waals surface area contributed by atoms with Crippen LogP contribution in [0.15, 0.2) is 54.6 Å². The van der Waals surface area contributed by atoms with E-state index in [1.807, 2.05) is 44.2 Å². The molecular formula is C22H23FN4O2S. The molecule has 0 aliphatic heterocycles. The zero-order valence-corrected chi connectivity index (χ0v) is 17.7. The summed E-state index contributed by atoms with van der Waals surface area (Å²) in [5.74, 6) is -1.08. The smallest absolute Gasteiger partial charge is 0.256 e. The Bertz CT molecular complexity index is 1010. The van der Waals surface area contributed by atoms with Gasteiger partial charge in [0.1, 0.15) is 10.8 Å². The van der Waals surface area contributed by atoms with Gasteiger partial charge in [-0.05, 0) is 18.1 Å². The molecule has 0 atom stereocenters. The highest BCUT2D eigenvalue weighted by Gasteiger charge is 2.21. The van der Waals surface area contributed by atoms with Gasteiger partial charge in [0.15, 0.2) is 0 Å². The van der Waals surface area contributed by atoms with E-state index in [2.05, 4.69) is 15.5 Å². The van der Waals surface area contributed by atoms with E-state index in [9.17, 15) is 14.0 Å². The van der Waals surface area contributed by atoms with Crippen molar-refractivity contribution in [1.29, 1.82) is 0 Å². The molecule has 6 nitrogen and oxygen atoms in total. The van der Waals surface area contributed by atoms with E-state index >= 15 is 0 Å². The maximum Gasteiger partial charge on any atom is 0.256 e. The molecule has 0 aliphatic rings. The van der Waals surface area contributed by atoms with Crippen molar-refractivity contribution < 1.29 is 14.0 Å². The minimum Gasteiger partial charge on any atom is -0.338 e. The largest absolute Gasteiger partial charge is 0.338 e. The second-order valence-electron chi connectivity index (χ2n) is 7.20. The number of hydrogen-bond acceptors (Lipinski definition) is 5. The van der Waals surface area contributed by atoms with Crippen LogP contribution in [-0.2, 0) is 4.79 Å². The third kappa shape index (κ3) is 5.70. The van der Waals surface area contributed by atoms with Gasteiger partial charge in [0.05, 0.1) is 5.56 Å². The molecule has 0 spiro atoms. The minimum absolute atomic E-state index is 0.00943. The third-order valence-corrected chi connectivity index (χ3v) is 5.17. The summed E-state index contributed by atoms with van der Waals surface area (Å²) in [5.41, 5.74) is 0.935. The van der Waals surface area contributed by atoms with Gasteiger partial charge in [0, 0.05) is 25.1 Å². The lowest BCUT2D eigenvalue weighted by Crippen LogP contribution is -2.37. The van der Waals surface area contributed by atoms with Crippen molar-refractivity contribution in [3.63, 3.8) is 0 Å². The molecule has 1 N–H and O–H groups in total. The average molecular weight is 427 g/mol. The Hall–Kier alpha value is -3.13. The van der Waals surface area contributed by atoms with Gasteiger partial charge in [-0.15, -0.1) is 10.2 Å². The Morgan fingerprint density at radius 3 is 2.47 bits per heavy atom. The van der Waals surface area contributed by atoms with Gasteiger partial charge in [-0.2, -0.15) is 0 Å². The van der Waals surface area contributed by atoms with Crippen molar-refractivity contribution in [2.24, 2.45) is 5.92 Å². The lowest BCUT2D eigenvalue weighted by Gasteiger charge is -2.24. The number of anilines is 1. The summed E-state index contributed by atoms with van der Waals surface area (Å²) in [6, 6.07) is 15.4. The maximum atomic E-state index is 14.0. The van der Waals surface area contributed by atoms with Gasteiger partial charge in [0.25, 0.3) is 5.91 Å². The first-order valence-corrected chi connectivity index (χ1v) is 10.5. The molecule has 1 heterocycles. The zero-order chi connectivity index (χ0) is 21.5. The minimum atomic E-state index is -0.567. The summed E-state index contributed by atoms with van der Waals surface area (Å²) in [4.78, 5) is 26.7. The number of amides is 2. The molecule has 0 bridgehead atoms. The molecule has 2 aromatic carbocycles. The summed E-state index contributed by atoms with van der Waals surface area (Å²) in [7, 11) is 0. The third-order valence-electron chi connectivity index (χ3n) is 4.28. The van der Waals surface area contributed by atoms with E-state index < -0.39 is 11.7 Å². The Morgan fingerprint density at radius 2 is 1.77 bits per heavy atom. The summed E-state index contributed by atoms with van der Waals surface area (Å²) < 4.78 is 14.0. The molecule has 3 aromatic rings. The second kappa shape index (κ2) is 10.1. The van der Waals surface area contributed by atoms with Crippen LogP contribution in [0.5, 0.6) is 0 Å². The molecule has 2 amide bonds. The molecule has 8 heteroatoms. The van der Waals surface area contributed by atoms with Crippen molar-refractivity contribution in [3.05, 3.63) is 66.0 Å². The normalized spacial score (nSPS) is 10.8. The second-order valence-corrected chi connectivity index (χ2v) is 8.18. The Morgan fingerprint density at radius 1 is 1.07 bits per heavy atom. The molecule has 0 unspecified atom stereocenters. The molecule has 3 rings (SSSR count). The van der Waals surface area contributed by atoms with Crippen molar-refractivity contribution in [3.8, 4) is 10.6 Å². The summed E-state index contributed by atoms with van der Waals surface area (Å²) >= 11 is 1.28. The van der Waals surface area contributed by atoms with Gasteiger partial charge < -0.3 is 10.2 Å². The number of carbonyl (C=O) groups is 2. The topological polar surface area (TPSA) is 75.2 Å². The first-order valence-electron chi connectivity index (χ1n) is 9.66. The standard InChI is InChI=1S/C22H23FN4O2S/c1-15(2)14-27(21(29)17-10-6-7-11-18(17)23)13-12-19(28)24-22-26-25-20(30-22)16-8-4-3-5-9-16/h3-11,15H,12-14H2,1-2H3,(H,24,26,28). The van der Waals surface area contributed by atoms with Gasteiger partial charge >= 0.3 is 0 Å². The van der Waals surface area contributed by atoms with Crippen LogP contribution in [0, 0.1) is 11.7 Å². The lowest BCUT2D eigenvalue weighted by molar-refractivity contribution is -0.116. The van der Waals surface area contributed by atoms with Crippen LogP contribution in [0.2, 0.25) is 0 Å². The SMILES string of the molecule is CC(C)CN(CCC(=O)Nc1nnc(-c2ccccc2)s1)C(=O)c1ccccc1F. The fraction of sp³-hybridized carbons (Fsp3) is 0.273. The maximum absolute atomic E-state index is 14.0. The van der Waals surface area contributed by atoms with Crippen molar-refractivity contribution in [2.45, 2.75) is 20.3 Å². The molecule has 156 valence electrons. The van der Waals surface area contributed by atoms with Crippen LogP contribution < -0.4 is 5.32 Å². The van der Waals surface area contributed by atoms with Crippen molar-refractivity contribution in [1.82, 2.24) is 15.1 Å². The number of nitrogens with zero attached hydrogens (tertiary/aromatic N) is 3. The van der Waals surface area contributed by atoms with Crippen LogP contribution in [-0.4, -0.2) is 40.0 Å². The number of carbonyl (C=O) groups excluding carboxylic acids is 2. The lowest BCUT2D eigenvalue weighted by atomic mass is 10.1. The first kappa shape index (κ1) is 21.6. The van der Waals surface area contributed by atoms with E-state index in [4.69, 9.17) is 0 Å². The highest BCUT2D eigenvalue weighted by atomic mass is 32.1. The van der Waals surface area contributed by atoms with Crippen LogP contribution >= 0.6 is 11.3 Å². The fourth-order valence-electron chi connectivity index (χ4n) is 2.91. The Labute approximate surface area is 178 Å². The van der Waals surface area contributed by atoms with Gasteiger partial charge in [-0.3, -0.25) is 9.59 Å². The van der Waals surface area contributed by atoms with E-state index in [-0.39, 0.29) is 30.4 Å². The van der Waals surface area contributed by atoms with E-state index in [1.54, 1.807) is 6.07 Å². The first-order chi connectivity index (χ1) is 14.4. The number of hydrogen-bond donors (Lipinski definition) is 1. The van der Waals surface area contributed by atoms with Crippen LogP contribution in [0.1, 0.15) is 30.6 Å². The monoisotopic (exact) mass is 426 g/mol. The average Bonchev–Trinajstić information content (AvgIpc) is 3.20. The molecule has 0 fully saturated rings. The molecule has 1 aromatic heterocycles. The molecule has 0 aliphatic carbocycles. The van der Waals surface area contributed by atoms with Crippen LogP contribution in [0.25, 0.3) is 10.6 Å². The van der Waals surface area contributed by atoms with E-state index in [0.717, 1.165) is 5.56 Å². The number of nitrogens with one attached hydrogen (secondary N) is 1. The Balaban J connectivity index is 1.61. The van der Waals surface area contributed by atoms with Crippen molar-refractivity contribution in [2.75, 3.05) is 18.4 Å². The number of aromatic nitrogens is 2. The number of halogens is 1. The predicted octanol–water partition coefficient (Wildman–Crippen LogP) is 4.47. The highest BCUT2D eigenvalue weighted by molar-refractivity contribution is 7.18. The summed E-state index contributed by atoms with van der Waals surface area (Å²) in [6.07, 6.45) is 0.0766. The fourth-order valence-corrected chi connectivity index (χ4v) is 3.68. The predicted molar refractivity (Wildman–Crippen MR) is 116 cm³/mol. The van der Waals surface area contributed by atoms with Gasteiger partial charge in [-0.1, -0.05) is 67.6 Å². The van der Waals surface area contributed by atoms with Crippen LogP contribution in [0.4, 0.5) is 9.52 Å². The van der Waals surface area contributed by atoms with E-state index in [0.29, 0.717) is 16.7 Å². The molecule has 0 saturated carbocycles. The highest BCUT2D eigenvalue weighted by Crippen LogP contribution is 2.26. The number of rotatable bonds is 8. The molecule has 0 saturated heterocycles. The van der Waals surface area contributed by atoms with Gasteiger partial charge in [-0.25, -0.2) is 4.39 Å². The van der Waals surface area contributed by atoms with E-state index in [1.165, 1.54) is 34.4 Å². The Kier molecular flexibility index (Phi) is 7.24. The quantitative estimate of drug-likeness (QED) is 0.577. The van der Waals surface area contributed by atoms with Crippen LogP contribution in [0.3, 0.4) is 0 Å². The van der Waals surface area contributed by atoms with Gasteiger partial charge in [0.2, 0.25) is 11.0 Å². The number of benzene rings is 2. The molecule has 0 radical (unpaired) electrons. The summed E-state index contributed by atoms with van der Waals surface area (Å²) in [6.45, 7) is 4.54. The molecular weight excluding hydrogens is 403 g/mol. The van der Waals surface area contributed by atoms with Crippen molar-refractivity contribution >= 4 is 28.3 Å². The zero-order valence-electron chi connectivity index (χ0n) is 16.8. The molecule has 30 heavy (non-hydrogen) atoms.